The Morgan fingerprint density at radius 3 is 2.18 bits per heavy atom. The van der Waals surface area contributed by atoms with E-state index in [1.54, 1.807) is 4.90 Å². The summed E-state index contributed by atoms with van der Waals surface area (Å²) in [5, 5.41) is 3.56. The molecule has 126 valence electrons. The molecule has 0 aromatic carbocycles. The van der Waals surface area contributed by atoms with E-state index in [0.717, 1.165) is 12.8 Å². The van der Waals surface area contributed by atoms with Gasteiger partial charge in [0.25, 0.3) is 0 Å². The van der Waals surface area contributed by atoms with Gasteiger partial charge in [-0.25, -0.2) is 0 Å². The SMILES string of the molecule is O=C(CC1CC2CCC(C1)N2)N1CCN(CC(F)(F)F)CC1. The zero-order valence-corrected chi connectivity index (χ0v) is 12.7. The van der Waals surface area contributed by atoms with E-state index in [4.69, 9.17) is 0 Å². The highest BCUT2D eigenvalue weighted by atomic mass is 19.4. The van der Waals surface area contributed by atoms with E-state index in [1.807, 2.05) is 0 Å². The van der Waals surface area contributed by atoms with Crippen LogP contribution in [0.3, 0.4) is 0 Å². The molecule has 2 unspecified atom stereocenters. The van der Waals surface area contributed by atoms with Gasteiger partial charge in [-0.15, -0.1) is 0 Å². The van der Waals surface area contributed by atoms with Crippen LogP contribution >= 0.6 is 0 Å². The first kappa shape index (κ1) is 16.1. The minimum atomic E-state index is -4.15. The number of rotatable bonds is 3. The van der Waals surface area contributed by atoms with Crippen molar-refractivity contribution in [2.75, 3.05) is 32.7 Å². The maximum atomic E-state index is 12.4. The maximum absolute atomic E-state index is 12.4. The van der Waals surface area contributed by atoms with Crippen molar-refractivity contribution in [2.24, 2.45) is 5.92 Å². The van der Waals surface area contributed by atoms with Crippen molar-refractivity contribution in [3.05, 3.63) is 0 Å². The van der Waals surface area contributed by atoms with E-state index in [0.29, 0.717) is 50.6 Å². The molecule has 3 saturated heterocycles. The summed E-state index contributed by atoms with van der Waals surface area (Å²) in [7, 11) is 0. The van der Waals surface area contributed by atoms with Crippen LogP contribution in [0.25, 0.3) is 0 Å². The number of piperidine rings is 1. The number of halogens is 3. The standard InChI is InChI=1S/C15H24F3N3O/c16-15(17,18)10-20-3-5-21(6-4-20)14(22)9-11-7-12-1-2-13(8-11)19-12/h11-13,19H,1-10H2. The molecule has 0 spiro atoms. The summed E-state index contributed by atoms with van der Waals surface area (Å²) < 4.78 is 37.1. The average molecular weight is 319 g/mol. The zero-order chi connectivity index (χ0) is 15.7. The van der Waals surface area contributed by atoms with Crippen LogP contribution in [0.5, 0.6) is 0 Å². The zero-order valence-electron chi connectivity index (χ0n) is 12.7. The molecule has 3 aliphatic heterocycles. The normalized spacial score (nSPS) is 33.2. The Hall–Kier alpha value is -0.820. The Kier molecular flexibility index (Phi) is 4.64. The highest BCUT2D eigenvalue weighted by Crippen LogP contribution is 2.33. The number of amides is 1. The summed E-state index contributed by atoms with van der Waals surface area (Å²) in [4.78, 5) is 15.5. The summed E-state index contributed by atoms with van der Waals surface area (Å²) in [5.74, 6) is 0.567. The third-order valence-electron chi connectivity index (χ3n) is 5.16. The van der Waals surface area contributed by atoms with Gasteiger partial charge in [-0.3, -0.25) is 9.69 Å². The molecule has 0 aliphatic carbocycles. The van der Waals surface area contributed by atoms with Crippen LogP contribution in [0, 0.1) is 5.92 Å². The van der Waals surface area contributed by atoms with Crippen molar-refractivity contribution in [3.63, 3.8) is 0 Å². The number of fused-ring (bicyclic) bond motifs is 2. The van der Waals surface area contributed by atoms with Gasteiger partial charge < -0.3 is 10.2 Å². The van der Waals surface area contributed by atoms with Crippen LogP contribution < -0.4 is 5.32 Å². The van der Waals surface area contributed by atoms with Crippen molar-refractivity contribution in [1.82, 2.24) is 15.1 Å². The van der Waals surface area contributed by atoms with Crippen molar-refractivity contribution < 1.29 is 18.0 Å². The summed E-state index contributed by atoms with van der Waals surface area (Å²) in [5.41, 5.74) is 0. The molecule has 1 amide bonds. The number of alkyl halides is 3. The molecule has 0 aromatic rings. The summed E-state index contributed by atoms with van der Waals surface area (Å²) in [6, 6.07) is 1.14. The van der Waals surface area contributed by atoms with Gasteiger partial charge in [-0.1, -0.05) is 0 Å². The first-order chi connectivity index (χ1) is 10.4. The van der Waals surface area contributed by atoms with Gasteiger partial charge in [-0.05, 0) is 31.6 Å². The summed E-state index contributed by atoms with van der Waals surface area (Å²) in [6.45, 7) is 0.623. The van der Waals surface area contributed by atoms with Crippen LogP contribution in [-0.2, 0) is 4.79 Å². The molecule has 0 radical (unpaired) electrons. The number of nitrogens with zero attached hydrogens (tertiary/aromatic N) is 2. The van der Waals surface area contributed by atoms with Gasteiger partial charge >= 0.3 is 6.18 Å². The van der Waals surface area contributed by atoms with Crippen molar-refractivity contribution >= 4 is 5.91 Å². The molecule has 22 heavy (non-hydrogen) atoms. The van der Waals surface area contributed by atoms with Crippen LogP contribution in [0.2, 0.25) is 0 Å². The summed E-state index contributed by atoms with van der Waals surface area (Å²) in [6.07, 6.45) is 0.970. The molecule has 0 aromatic heterocycles. The van der Waals surface area contributed by atoms with Gasteiger partial charge in [-0.2, -0.15) is 13.2 Å². The fourth-order valence-corrected chi connectivity index (χ4v) is 4.13. The Morgan fingerprint density at radius 1 is 1.05 bits per heavy atom. The second-order valence-electron chi connectivity index (χ2n) is 6.95. The minimum Gasteiger partial charge on any atom is -0.340 e. The van der Waals surface area contributed by atoms with Crippen molar-refractivity contribution in [1.29, 1.82) is 0 Å². The number of carbonyl (C=O) groups is 1. The Bertz CT molecular complexity index is 395. The van der Waals surface area contributed by atoms with Gasteiger partial charge in [0.05, 0.1) is 6.54 Å². The fourth-order valence-electron chi connectivity index (χ4n) is 4.13. The number of piperazine rings is 1. The predicted molar refractivity (Wildman–Crippen MR) is 76.4 cm³/mol. The lowest BCUT2D eigenvalue weighted by Gasteiger charge is -2.36. The van der Waals surface area contributed by atoms with E-state index in [-0.39, 0.29) is 5.91 Å². The Balaban J connectivity index is 1.42. The van der Waals surface area contributed by atoms with E-state index in [2.05, 4.69) is 5.32 Å². The average Bonchev–Trinajstić information content (AvgIpc) is 2.77. The highest BCUT2D eigenvalue weighted by molar-refractivity contribution is 5.76. The lowest BCUT2D eigenvalue weighted by Crippen LogP contribution is -2.51. The largest absolute Gasteiger partial charge is 0.401 e. The first-order valence-electron chi connectivity index (χ1n) is 8.22. The third-order valence-corrected chi connectivity index (χ3v) is 5.16. The topological polar surface area (TPSA) is 35.6 Å². The first-order valence-corrected chi connectivity index (χ1v) is 8.22. The number of carbonyl (C=O) groups excluding carboxylic acids is 1. The minimum absolute atomic E-state index is 0.123. The molecule has 7 heteroatoms. The predicted octanol–water partition coefficient (Wildman–Crippen LogP) is 1.61. The monoisotopic (exact) mass is 319 g/mol. The lowest BCUT2D eigenvalue weighted by atomic mass is 9.89. The quantitative estimate of drug-likeness (QED) is 0.858. The molecular weight excluding hydrogens is 295 g/mol. The second-order valence-corrected chi connectivity index (χ2v) is 6.95. The van der Waals surface area contributed by atoms with Crippen LogP contribution in [0.1, 0.15) is 32.1 Å². The van der Waals surface area contributed by atoms with Crippen LogP contribution in [0.15, 0.2) is 0 Å². The lowest BCUT2D eigenvalue weighted by molar-refractivity contribution is -0.152. The fraction of sp³-hybridized carbons (Fsp3) is 0.933. The van der Waals surface area contributed by atoms with E-state index in [9.17, 15) is 18.0 Å². The van der Waals surface area contributed by atoms with Crippen molar-refractivity contribution in [2.45, 2.75) is 50.4 Å². The molecule has 3 fully saturated rings. The Labute approximate surface area is 129 Å². The molecule has 3 rings (SSSR count). The molecule has 2 bridgehead atoms. The molecule has 3 heterocycles. The van der Waals surface area contributed by atoms with Gasteiger partial charge in [0.15, 0.2) is 0 Å². The molecule has 3 aliphatic rings. The van der Waals surface area contributed by atoms with Gasteiger partial charge in [0, 0.05) is 44.7 Å². The molecule has 2 atom stereocenters. The van der Waals surface area contributed by atoms with E-state index < -0.39 is 12.7 Å². The van der Waals surface area contributed by atoms with E-state index in [1.165, 1.54) is 17.7 Å². The number of hydrogen-bond acceptors (Lipinski definition) is 3. The molecule has 4 nitrogen and oxygen atoms in total. The number of nitrogens with one attached hydrogen (secondary N) is 1. The van der Waals surface area contributed by atoms with Crippen molar-refractivity contribution in [3.8, 4) is 0 Å². The smallest absolute Gasteiger partial charge is 0.340 e. The van der Waals surface area contributed by atoms with E-state index >= 15 is 0 Å². The van der Waals surface area contributed by atoms with Gasteiger partial charge in [0.1, 0.15) is 0 Å². The molecule has 1 N–H and O–H groups in total. The summed E-state index contributed by atoms with van der Waals surface area (Å²) >= 11 is 0. The highest BCUT2D eigenvalue weighted by Gasteiger charge is 2.36. The third kappa shape index (κ3) is 4.13. The number of hydrogen-bond donors (Lipinski definition) is 1. The molecule has 0 saturated carbocycles. The second kappa shape index (κ2) is 6.35. The Morgan fingerprint density at radius 2 is 1.64 bits per heavy atom. The van der Waals surface area contributed by atoms with Crippen LogP contribution in [-0.4, -0.2) is 66.7 Å². The molecular formula is C15H24F3N3O. The maximum Gasteiger partial charge on any atom is 0.401 e. The van der Waals surface area contributed by atoms with Gasteiger partial charge in [0.2, 0.25) is 5.91 Å². The van der Waals surface area contributed by atoms with Crippen LogP contribution in [0.4, 0.5) is 13.2 Å².